The highest BCUT2D eigenvalue weighted by molar-refractivity contribution is 5.80. The first-order chi connectivity index (χ1) is 10.1. The Bertz CT molecular complexity index is 361. The van der Waals surface area contributed by atoms with Crippen molar-refractivity contribution in [2.75, 3.05) is 26.2 Å². The SMILES string of the molecule is CCCNC(CN(CC1CC1)CC1CC1)(C(=O)O)C1CC1. The molecule has 3 aliphatic rings. The van der Waals surface area contributed by atoms with Crippen molar-refractivity contribution in [1.29, 1.82) is 0 Å². The van der Waals surface area contributed by atoms with E-state index in [-0.39, 0.29) is 0 Å². The van der Waals surface area contributed by atoms with Gasteiger partial charge in [0.1, 0.15) is 5.54 Å². The van der Waals surface area contributed by atoms with Crippen molar-refractivity contribution < 1.29 is 9.90 Å². The first kappa shape index (κ1) is 15.3. The molecule has 120 valence electrons. The molecule has 0 aromatic heterocycles. The van der Waals surface area contributed by atoms with Gasteiger partial charge in [-0.05, 0) is 69.2 Å². The first-order valence-electron chi connectivity index (χ1n) is 8.85. The van der Waals surface area contributed by atoms with E-state index in [4.69, 9.17) is 0 Å². The molecule has 2 N–H and O–H groups in total. The Hall–Kier alpha value is -0.610. The van der Waals surface area contributed by atoms with E-state index >= 15 is 0 Å². The van der Waals surface area contributed by atoms with Gasteiger partial charge in [-0.1, -0.05) is 6.92 Å². The van der Waals surface area contributed by atoms with Crippen LogP contribution >= 0.6 is 0 Å². The van der Waals surface area contributed by atoms with Gasteiger partial charge in [-0.2, -0.15) is 0 Å². The Morgan fingerprint density at radius 3 is 2.10 bits per heavy atom. The molecule has 0 saturated heterocycles. The van der Waals surface area contributed by atoms with Crippen LogP contribution in [0.3, 0.4) is 0 Å². The zero-order chi connectivity index (χ0) is 14.9. The van der Waals surface area contributed by atoms with E-state index in [0.717, 1.165) is 50.7 Å². The first-order valence-corrected chi connectivity index (χ1v) is 8.85. The second-order valence-corrected chi connectivity index (χ2v) is 7.56. The summed E-state index contributed by atoms with van der Waals surface area (Å²) in [7, 11) is 0. The number of hydrogen-bond donors (Lipinski definition) is 2. The molecule has 0 aliphatic heterocycles. The molecular weight excluding hydrogens is 264 g/mol. The smallest absolute Gasteiger partial charge is 0.325 e. The van der Waals surface area contributed by atoms with E-state index in [0.29, 0.717) is 12.5 Å². The molecule has 3 rings (SSSR count). The Morgan fingerprint density at radius 1 is 1.14 bits per heavy atom. The summed E-state index contributed by atoms with van der Waals surface area (Å²) in [4.78, 5) is 14.5. The van der Waals surface area contributed by atoms with E-state index in [1.165, 1.54) is 25.7 Å². The van der Waals surface area contributed by atoms with Crippen LogP contribution in [0.2, 0.25) is 0 Å². The second kappa shape index (κ2) is 6.25. The predicted octanol–water partition coefficient (Wildman–Crippen LogP) is 2.34. The highest BCUT2D eigenvalue weighted by Crippen LogP contribution is 2.42. The van der Waals surface area contributed by atoms with Gasteiger partial charge in [0.2, 0.25) is 0 Å². The maximum absolute atomic E-state index is 12.1. The summed E-state index contributed by atoms with van der Waals surface area (Å²) in [6.45, 7) is 5.86. The van der Waals surface area contributed by atoms with Crippen LogP contribution in [-0.2, 0) is 4.79 Å². The number of carboxylic acid groups (broad SMARTS) is 1. The van der Waals surface area contributed by atoms with Crippen molar-refractivity contribution in [3.8, 4) is 0 Å². The van der Waals surface area contributed by atoms with Crippen LogP contribution in [0.1, 0.15) is 51.9 Å². The lowest BCUT2D eigenvalue weighted by atomic mass is 9.91. The number of nitrogens with one attached hydrogen (secondary N) is 1. The van der Waals surface area contributed by atoms with Gasteiger partial charge in [0, 0.05) is 19.6 Å². The van der Waals surface area contributed by atoms with Crippen molar-refractivity contribution in [3.63, 3.8) is 0 Å². The summed E-state index contributed by atoms with van der Waals surface area (Å²) in [5, 5.41) is 13.3. The van der Waals surface area contributed by atoms with Gasteiger partial charge in [0.25, 0.3) is 0 Å². The summed E-state index contributed by atoms with van der Waals surface area (Å²) in [6, 6.07) is 0. The summed E-state index contributed by atoms with van der Waals surface area (Å²) in [5.74, 6) is 1.37. The topological polar surface area (TPSA) is 52.6 Å². The quantitative estimate of drug-likeness (QED) is 0.614. The molecule has 0 aromatic rings. The second-order valence-electron chi connectivity index (χ2n) is 7.56. The molecule has 0 spiro atoms. The minimum atomic E-state index is -0.695. The van der Waals surface area contributed by atoms with Crippen molar-refractivity contribution in [1.82, 2.24) is 10.2 Å². The van der Waals surface area contributed by atoms with E-state index in [1.807, 2.05) is 0 Å². The highest BCUT2D eigenvalue weighted by atomic mass is 16.4. The Morgan fingerprint density at radius 2 is 1.71 bits per heavy atom. The van der Waals surface area contributed by atoms with Crippen LogP contribution in [0.4, 0.5) is 0 Å². The van der Waals surface area contributed by atoms with Gasteiger partial charge in [-0.3, -0.25) is 4.79 Å². The fourth-order valence-electron chi connectivity index (χ4n) is 3.46. The summed E-state index contributed by atoms with van der Waals surface area (Å²) in [5.41, 5.74) is -0.695. The average Bonchev–Trinajstić information content (AvgIpc) is 3.24. The highest BCUT2D eigenvalue weighted by Gasteiger charge is 2.52. The van der Waals surface area contributed by atoms with Crippen LogP contribution < -0.4 is 5.32 Å². The van der Waals surface area contributed by atoms with Crippen molar-refractivity contribution in [3.05, 3.63) is 0 Å². The lowest BCUT2D eigenvalue weighted by Gasteiger charge is -2.36. The third-order valence-corrected chi connectivity index (χ3v) is 5.25. The molecule has 21 heavy (non-hydrogen) atoms. The molecule has 0 radical (unpaired) electrons. The average molecular weight is 294 g/mol. The van der Waals surface area contributed by atoms with E-state index in [1.54, 1.807) is 0 Å². The molecule has 1 unspecified atom stereocenters. The van der Waals surface area contributed by atoms with Gasteiger partial charge in [-0.15, -0.1) is 0 Å². The minimum absolute atomic E-state index is 0.336. The van der Waals surface area contributed by atoms with Gasteiger partial charge < -0.3 is 15.3 Å². The summed E-state index contributed by atoms with van der Waals surface area (Å²) < 4.78 is 0. The number of nitrogens with zero attached hydrogens (tertiary/aromatic N) is 1. The lowest BCUT2D eigenvalue weighted by molar-refractivity contribution is -0.147. The van der Waals surface area contributed by atoms with Gasteiger partial charge in [0.15, 0.2) is 0 Å². The van der Waals surface area contributed by atoms with Crippen molar-refractivity contribution in [2.24, 2.45) is 17.8 Å². The van der Waals surface area contributed by atoms with Crippen LogP contribution in [0.25, 0.3) is 0 Å². The van der Waals surface area contributed by atoms with Crippen LogP contribution in [0.5, 0.6) is 0 Å². The standard InChI is InChI=1S/C17H30N2O2/c1-2-9-18-17(16(20)21,15-7-8-15)12-19(10-13-3-4-13)11-14-5-6-14/h13-15,18H,2-12H2,1H3,(H,20,21). The van der Waals surface area contributed by atoms with E-state index < -0.39 is 11.5 Å². The molecule has 0 amide bonds. The number of aliphatic carboxylic acids is 1. The molecule has 3 fully saturated rings. The zero-order valence-corrected chi connectivity index (χ0v) is 13.3. The van der Waals surface area contributed by atoms with Gasteiger partial charge >= 0.3 is 5.97 Å². The molecule has 0 bridgehead atoms. The Labute approximate surface area is 128 Å². The predicted molar refractivity (Wildman–Crippen MR) is 83.3 cm³/mol. The van der Waals surface area contributed by atoms with Crippen LogP contribution in [-0.4, -0.2) is 47.7 Å². The monoisotopic (exact) mass is 294 g/mol. The summed E-state index contributed by atoms with van der Waals surface area (Å²) >= 11 is 0. The number of carbonyl (C=O) groups is 1. The molecule has 1 atom stereocenters. The third-order valence-electron chi connectivity index (χ3n) is 5.25. The largest absolute Gasteiger partial charge is 0.480 e. The van der Waals surface area contributed by atoms with Crippen molar-refractivity contribution in [2.45, 2.75) is 57.4 Å². The minimum Gasteiger partial charge on any atom is -0.480 e. The number of rotatable bonds is 11. The van der Waals surface area contributed by atoms with E-state index in [2.05, 4.69) is 17.1 Å². The van der Waals surface area contributed by atoms with E-state index in [9.17, 15) is 9.90 Å². The fraction of sp³-hybridized carbons (Fsp3) is 0.941. The van der Waals surface area contributed by atoms with Gasteiger partial charge in [-0.25, -0.2) is 0 Å². The zero-order valence-electron chi connectivity index (χ0n) is 13.3. The normalized spacial score (nSPS) is 25.0. The third kappa shape index (κ3) is 3.98. The van der Waals surface area contributed by atoms with Crippen LogP contribution in [0.15, 0.2) is 0 Å². The molecule has 4 nitrogen and oxygen atoms in total. The van der Waals surface area contributed by atoms with Gasteiger partial charge in [0.05, 0.1) is 0 Å². The fourth-order valence-corrected chi connectivity index (χ4v) is 3.46. The summed E-state index contributed by atoms with van der Waals surface area (Å²) in [6.07, 6.45) is 8.50. The van der Waals surface area contributed by atoms with Crippen molar-refractivity contribution >= 4 is 5.97 Å². The van der Waals surface area contributed by atoms with Crippen LogP contribution in [0, 0.1) is 17.8 Å². The molecule has 3 saturated carbocycles. The maximum atomic E-state index is 12.1. The molecule has 0 heterocycles. The molecule has 4 heteroatoms. The molecule has 0 aromatic carbocycles. The number of hydrogen-bond acceptors (Lipinski definition) is 3. The molecule has 3 aliphatic carbocycles. The molecular formula is C17H30N2O2. The number of carboxylic acids is 1. The lowest BCUT2D eigenvalue weighted by Crippen LogP contribution is -2.61. The maximum Gasteiger partial charge on any atom is 0.325 e. The Kier molecular flexibility index (Phi) is 4.55. The Balaban J connectivity index is 1.68.